The first-order valence-corrected chi connectivity index (χ1v) is 21.3. The van der Waals surface area contributed by atoms with Crippen molar-refractivity contribution >= 4 is 21.8 Å². The van der Waals surface area contributed by atoms with Crippen LogP contribution in [-0.4, -0.2) is 14.1 Å². The molecule has 3 aromatic heterocycles. The lowest BCUT2D eigenvalue weighted by atomic mass is 9.81. The van der Waals surface area contributed by atoms with E-state index in [9.17, 15) is 0 Å². The number of ether oxygens (including phenoxy) is 1. The summed E-state index contributed by atoms with van der Waals surface area (Å²) in [6.45, 7) is 20.5. The van der Waals surface area contributed by atoms with Gasteiger partial charge < -0.3 is 4.74 Å². The lowest BCUT2D eigenvalue weighted by Gasteiger charge is -2.30. The van der Waals surface area contributed by atoms with Crippen molar-refractivity contribution in [1.82, 2.24) is 14.1 Å². The van der Waals surface area contributed by atoms with Crippen molar-refractivity contribution in [3.05, 3.63) is 187 Å². The first-order chi connectivity index (χ1) is 29.1. The number of imidazole rings is 1. The summed E-state index contributed by atoms with van der Waals surface area (Å²) >= 11 is 0. The highest BCUT2D eigenvalue weighted by Crippen LogP contribution is 2.39. The summed E-state index contributed by atoms with van der Waals surface area (Å²) in [4.78, 5) is 4.88. The topological polar surface area (TPSA) is 35.9 Å². The van der Waals surface area contributed by atoms with Gasteiger partial charge in [0, 0.05) is 23.0 Å². The Labute approximate surface area is 360 Å². The minimum atomic E-state index is -0.225. The average Bonchev–Trinajstić information content (AvgIpc) is 3.82. The fraction of sp³-hybridized carbons (Fsp3) is 0.214. The van der Waals surface area contributed by atoms with E-state index in [1.165, 1.54) is 33.5 Å². The normalized spacial score (nSPS) is 12.3. The van der Waals surface area contributed by atoms with Crippen molar-refractivity contribution in [1.29, 1.82) is 0 Å². The second kappa shape index (κ2) is 15.1. The highest BCUT2D eigenvalue weighted by atomic mass is 16.5. The molecule has 5 heteroatoms. The van der Waals surface area contributed by atoms with E-state index >= 15 is 0 Å². The van der Waals surface area contributed by atoms with Crippen LogP contribution in [0, 0.1) is 6.33 Å². The third kappa shape index (κ3) is 7.66. The van der Waals surface area contributed by atoms with E-state index in [4.69, 9.17) is 9.72 Å². The van der Waals surface area contributed by atoms with Gasteiger partial charge in [-0.05, 0) is 111 Å². The van der Waals surface area contributed by atoms with Gasteiger partial charge >= 0.3 is 0 Å². The van der Waals surface area contributed by atoms with Crippen molar-refractivity contribution in [2.45, 2.75) is 78.6 Å². The second-order valence-corrected chi connectivity index (χ2v) is 19.3. The van der Waals surface area contributed by atoms with Gasteiger partial charge in [0.25, 0.3) is 6.33 Å². The minimum absolute atomic E-state index is 0.00996. The number of hydrogen-bond donors (Lipinski definition) is 0. The zero-order valence-electron chi connectivity index (χ0n) is 36.8. The van der Waals surface area contributed by atoms with Crippen LogP contribution in [0.15, 0.2) is 164 Å². The molecular weight excluding hydrogens is 745 g/mol. The molecule has 61 heavy (non-hydrogen) atoms. The van der Waals surface area contributed by atoms with Crippen LogP contribution in [0.1, 0.15) is 79.3 Å². The van der Waals surface area contributed by atoms with Crippen LogP contribution in [0.3, 0.4) is 0 Å². The standard InChI is InChI=1S/C56H54N4O/c1-54(2,3)42-29-30-57-51(34-42)60-49-26-17-16-25-47(49)48-28-27-46(36-50(48)60)61-45-24-18-23-43(35-45)58-37-59(53(56(7,8)9)52(58)55(4,5)6)44-32-40(38-19-12-10-13-20-38)31-41(33-44)39-21-14-11-15-22-39/h10-36H,1-9H3. The van der Waals surface area contributed by atoms with Gasteiger partial charge in [-0.25, -0.2) is 4.98 Å². The maximum Gasteiger partial charge on any atom is 0.269 e. The van der Waals surface area contributed by atoms with E-state index in [-0.39, 0.29) is 16.2 Å². The Bertz CT molecular complexity index is 2980. The highest BCUT2D eigenvalue weighted by molar-refractivity contribution is 6.09. The molecule has 0 aliphatic rings. The molecule has 304 valence electrons. The van der Waals surface area contributed by atoms with Crippen LogP contribution in [-0.2, 0) is 16.2 Å². The smallest absolute Gasteiger partial charge is 0.269 e. The predicted molar refractivity (Wildman–Crippen MR) is 252 cm³/mol. The molecule has 6 aromatic carbocycles. The SMILES string of the molecule is CC(C)(C)c1ccnc(-n2c3ccccc3c3ccc(Oc4cccc(-n5[c-][n+](-c6cc(-c7ccccc7)cc(-c7ccccc7)c6)c(C(C)(C)C)c5C(C)(C)C)c4)cc32)c1. The number of pyridine rings is 1. The van der Waals surface area contributed by atoms with Gasteiger partial charge in [0.15, 0.2) is 0 Å². The van der Waals surface area contributed by atoms with Gasteiger partial charge in [-0.1, -0.05) is 147 Å². The van der Waals surface area contributed by atoms with E-state index in [0.29, 0.717) is 0 Å². The molecule has 0 radical (unpaired) electrons. The molecule has 0 fully saturated rings. The minimum Gasteiger partial charge on any atom is -0.458 e. The number of rotatable bonds is 7. The quantitative estimate of drug-likeness (QED) is 0.119. The molecule has 0 atom stereocenters. The molecule has 0 amide bonds. The summed E-state index contributed by atoms with van der Waals surface area (Å²) in [5, 5.41) is 2.34. The summed E-state index contributed by atoms with van der Waals surface area (Å²) in [5.74, 6) is 2.39. The van der Waals surface area contributed by atoms with Crippen LogP contribution in [0.4, 0.5) is 0 Å². The first kappa shape index (κ1) is 39.7. The van der Waals surface area contributed by atoms with Gasteiger partial charge in [-0.2, -0.15) is 0 Å². The fourth-order valence-corrected chi connectivity index (χ4v) is 8.59. The second-order valence-electron chi connectivity index (χ2n) is 19.3. The van der Waals surface area contributed by atoms with E-state index in [0.717, 1.165) is 56.2 Å². The van der Waals surface area contributed by atoms with E-state index < -0.39 is 0 Å². The highest BCUT2D eigenvalue weighted by Gasteiger charge is 2.34. The summed E-state index contributed by atoms with van der Waals surface area (Å²) < 4.78 is 13.6. The maximum atomic E-state index is 6.79. The zero-order valence-corrected chi connectivity index (χ0v) is 36.8. The molecule has 5 nitrogen and oxygen atoms in total. The Hall–Kier alpha value is -6.72. The summed E-state index contributed by atoms with van der Waals surface area (Å²) in [6.07, 6.45) is 5.81. The Morgan fingerprint density at radius 2 is 1.13 bits per heavy atom. The molecule has 9 rings (SSSR count). The third-order valence-corrected chi connectivity index (χ3v) is 11.5. The molecule has 3 heterocycles. The summed E-state index contributed by atoms with van der Waals surface area (Å²) in [5.41, 5.74) is 12.1. The van der Waals surface area contributed by atoms with Crippen molar-refractivity contribution in [3.63, 3.8) is 0 Å². The number of fused-ring (bicyclic) bond motifs is 3. The predicted octanol–water partition coefficient (Wildman–Crippen LogP) is 14.1. The van der Waals surface area contributed by atoms with Crippen LogP contribution in [0.5, 0.6) is 11.5 Å². The van der Waals surface area contributed by atoms with Crippen LogP contribution >= 0.6 is 0 Å². The Kier molecular flexibility index (Phi) is 9.82. The van der Waals surface area contributed by atoms with Crippen LogP contribution in [0.2, 0.25) is 0 Å². The third-order valence-electron chi connectivity index (χ3n) is 11.5. The molecule has 0 spiro atoms. The van der Waals surface area contributed by atoms with Gasteiger partial charge in [0.2, 0.25) is 0 Å². The first-order valence-electron chi connectivity index (χ1n) is 21.3. The molecule has 0 bridgehead atoms. The molecule has 0 saturated heterocycles. The molecule has 0 aliphatic carbocycles. The van der Waals surface area contributed by atoms with Crippen molar-refractivity contribution in [2.24, 2.45) is 0 Å². The molecule has 0 saturated carbocycles. The van der Waals surface area contributed by atoms with E-state index in [2.05, 4.69) is 234 Å². The number of hydrogen-bond acceptors (Lipinski definition) is 2. The average molecular weight is 799 g/mol. The molecular formula is C56H54N4O. The van der Waals surface area contributed by atoms with Crippen molar-refractivity contribution < 1.29 is 9.30 Å². The maximum absolute atomic E-state index is 6.79. The number of para-hydroxylation sites is 1. The Morgan fingerprint density at radius 3 is 1.77 bits per heavy atom. The van der Waals surface area contributed by atoms with Gasteiger partial charge in [0.1, 0.15) is 17.3 Å². The lowest BCUT2D eigenvalue weighted by Crippen LogP contribution is -2.40. The largest absolute Gasteiger partial charge is 0.458 e. The molecule has 0 unspecified atom stereocenters. The number of benzene rings is 6. The lowest BCUT2D eigenvalue weighted by molar-refractivity contribution is -0.611. The number of aromatic nitrogens is 4. The summed E-state index contributed by atoms with van der Waals surface area (Å²) in [7, 11) is 0. The molecule has 0 N–H and O–H groups in total. The van der Waals surface area contributed by atoms with Crippen LogP contribution in [0.25, 0.3) is 61.3 Å². The van der Waals surface area contributed by atoms with Crippen LogP contribution < -0.4 is 9.30 Å². The van der Waals surface area contributed by atoms with Crippen molar-refractivity contribution in [3.8, 4) is 50.9 Å². The monoisotopic (exact) mass is 798 g/mol. The molecule has 0 aliphatic heterocycles. The Morgan fingerprint density at radius 1 is 0.508 bits per heavy atom. The zero-order chi connectivity index (χ0) is 42.7. The Balaban J connectivity index is 1.17. The van der Waals surface area contributed by atoms with E-state index in [1.807, 2.05) is 12.3 Å². The van der Waals surface area contributed by atoms with Crippen molar-refractivity contribution in [2.75, 3.05) is 0 Å². The van der Waals surface area contributed by atoms with E-state index in [1.54, 1.807) is 0 Å². The number of nitrogens with zero attached hydrogens (tertiary/aromatic N) is 4. The fourth-order valence-electron chi connectivity index (χ4n) is 8.59. The molecule has 9 aromatic rings. The summed E-state index contributed by atoms with van der Waals surface area (Å²) in [6, 6.07) is 55.8. The van der Waals surface area contributed by atoms with Gasteiger partial charge in [-0.3, -0.25) is 13.7 Å². The van der Waals surface area contributed by atoms with Gasteiger partial charge in [-0.15, -0.1) is 0 Å². The van der Waals surface area contributed by atoms with Gasteiger partial charge in [0.05, 0.1) is 33.8 Å².